The van der Waals surface area contributed by atoms with Gasteiger partial charge in [0.15, 0.2) is 0 Å². The van der Waals surface area contributed by atoms with Gasteiger partial charge in [-0.25, -0.2) is 9.97 Å². The van der Waals surface area contributed by atoms with Crippen LogP contribution in [-0.4, -0.2) is 21.9 Å². The second-order valence-corrected chi connectivity index (χ2v) is 3.50. The number of hydrogen-bond acceptors (Lipinski definition) is 4. The Kier molecular flexibility index (Phi) is 4.17. The van der Waals surface area contributed by atoms with Gasteiger partial charge in [0.2, 0.25) is 5.91 Å². The molecule has 0 spiro atoms. The molecule has 15 heavy (non-hydrogen) atoms. The lowest BCUT2D eigenvalue weighted by Gasteiger charge is -2.17. The number of rotatable bonds is 4. The van der Waals surface area contributed by atoms with E-state index in [4.69, 9.17) is 5.73 Å². The van der Waals surface area contributed by atoms with Crippen LogP contribution in [0.3, 0.4) is 0 Å². The van der Waals surface area contributed by atoms with Crippen molar-refractivity contribution >= 4 is 11.7 Å². The fraction of sp³-hybridized carbons (Fsp3) is 0.500. The van der Waals surface area contributed by atoms with Crippen LogP contribution in [0.25, 0.3) is 0 Å². The first-order valence-corrected chi connectivity index (χ1v) is 4.97. The van der Waals surface area contributed by atoms with Crippen LogP contribution >= 0.6 is 0 Å². The predicted molar refractivity (Wildman–Crippen MR) is 58.1 cm³/mol. The molecule has 0 aliphatic carbocycles. The van der Waals surface area contributed by atoms with E-state index in [1.165, 1.54) is 6.33 Å². The molecule has 5 heteroatoms. The van der Waals surface area contributed by atoms with Crippen molar-refractivity contribution in [3.8, 4) is 0 Å². The second-order valence-electron chi connectivity index (χ2n) is 3.50. The summed E-state index contributed by atoms with van der Waals surface area (Å²) in [5, 5.41) is 2.64. The summed E-state index contributed by atoms with van der Waals surface area (Å²) >= 11 is 0. The zero-order chi connectivity index (χ0) is 11.3. The zero-order valence-electron chi connectivity index (χ0n) is 8.97. The van der Waals surface area contributed by atoms with E-state index in [2.05, 4.69) is 15.3 Å². The minimum atomic E-state index is -0.495. The molecule has 3 N–H and O–H groups in total. The summed E-state index contributed by atoms with van der Waals surface area (Å²) in [6.45, 7) is 3.95. The molecule has 1 aromatic rings. The molecular weight excluding hydrogens is 192 g/mol. The molecule has 1 rings (SSSR count). The molecule has 0 aliphatic rings. The first kappa shape index (κ1) is 11.6. The highest BCUT2D eigenvalue weighted by atomic mass is 16.2. The van der Waals surface area contributed by atoms with Crippen molar-refractivity contribution < 1.29 is 4.79 Å². The van der Waals surface area contributed by atoms with Gasteiger partial charge in [-0.3, -0.25) is 4.79 Å². The highest BCUT2D eigenvalue weighted by molar-refractivity contribution is 5.93. The number of aromatic nitrogens is 2. The van der Waals surface area contributed by atoms with Crippen molar-refractivity contribution in [3.63, 3.8) is 0 Å². The number of nitrogens with zero attached hydrogens (tertiary/aromatic N) is 2. The lowest BCUT2D eigenvalue weighted by Crippen LogP contribution is -2.40. The van der Waals surface area contributed by atoms with Gasteiger partial charge in [0, 0.05) is 6.20 Å². The van der Waals surface area contributed by atoms with E-state index >= 15 is 0 Å². The molecule has 1 heterocycles. The average Bonchev–Trinajstić information content (AvgIpc) is 2.28. The van der Waals surface area contributed by atoms with E-state index in [1.54, 1.807) is 12.3 Å². The van der Waals surface area contributed by atoms with Gasteiger partial charge in [-0.2, -0.15) is 0 Å². The van der Waals surface area contributed by atoms with Crippen LogP contribution in [0, 0.1) is 5.92 Å². The third kappa shape index (κ3) is 3.28. The fourth-order valence-corrected chi connectivity index (χ4v) is 1.09. The van der Waals surface area contributed by atoms with E-state index in [9.17, 15) is 4.79 Å². The number of nitrogens with two attached hydrogens (primary N) is 1. The quantitative estimate of drug-likeness (QED) is 0.766. The molecule has 0 aromatic carbocycles. The molecule has 82 valence electrons. The van der Waals surface area contributed by atoms with Gasteiger partial charge in [-0.05, 0) is 12.0 Å². The van der Waals surface area contributed by atoms with E-state index in [0.29, 0.717) is 5.82 Å². The molecule has 5 nitrogen and oxygen atoms in total. The Bertz CT molecular complexity index is 314. The van der Waals surface area contributed by atoms with E-state index in [1.807, 2.05) is 13.8 Å². The highest BCUT2D eigenvalue weighted by Crippen LogP contribution is 2.07. The maximum Gasteiger partial charge on any atom is 0.242 e. The Hall–Kier alpha value is -1.49. The summed E-state index contributed by atoms with van der Waals surface area (Å²) < 4.78 is 0. The molecule has 0 bridgehead atoms. The van der Waals surface area contributed by atoms with Gasteiger partial charge < -0.3 is 11.1 Å². The minimum absolute atomic E-state index is 0.159. The topological polar surface area (TPSA) is 80.9 Å². The third-order valence-corrected chi connectivity index (χ3v) is 2.39. The Morgan fingerprint density at radius 2 is 2.40 bits per heavy atom. The van der Waals surface area contributed by atoms with Crippen molar-refractivity contribution in [2.45, 2.75) is 26.3 Å². The lowest BCUT2D eigenvalue weighted by molar-refractivity contribution is -0.118. The molecule has 0 fully saturated rings. The normalized spacial score (nSPS) is 14.3. The Labute approximate surface area is 89.1 Å². The van der Waals surface area contributed by atoms with Gasteiger partial charge in [-0.15, -0.1) is 0 Å². The van der Waals surface area contributed by atoms with Crippen molar-refractivity contribution in [2.75, 3.05) is 5.32 Å². The van der Waals surface area contributed by atoms with Crippen LogP contribution in [0.2, 0.25) is 0 Å². The van der Waals surface area contributed by atoms with Gasteiger partial charge in [0.25, 0.3) is 0 Å². The van der Waals surface area contributed by atoms with Crippen molar-refractivity contribution in [3.05, 3.63) is 18.6 Å². The molecule has 0 saturated carbocycles. The first-order valence-electron chi connectivity index (χ1n) is 4.97. The van der Waals surface area contributed by atoms with Crippen LogP contribution in [0.1, 0.15) is 20.3 Å². The minimum Gasteiger partial charge on any atom is -0.320 e. The maximum atomic E-state index is 11.6. The molecule has 2 atom stereocenters. The molecule has 0 saturated heterocycles. The number of amides is 1. The maximum absolute atomic E-state index is 11.6. The van der Waals surface area contributed by atoms with Crippen LogP contribution in [-0.2, 0) is 4.79 Å². The van der Waals surface area contributed by atoms with Crippen LogP contribution in [0.4, 0.5) is 5.82 Å². The third-order valence-electron chi connectivity index (χ3n) is 2.39. The summed E-state index contributed by atoms with van der Waals surface area (Å²) in [6.07, 6.45) is 3.82. The highest BCUT2D eigenvalue weighted by Gasteiger charge is 2.19. The summed E-state index contributed by atoms with van der Waals surface area (Å²) in [5.41, 5.74) is 5.76. The van der Waals surface area contributed by atoms with E-state index in [-0.39, 0.29) is 11.8 Å². The summed E-state index contributed by atoms with van der Waals surface area (Å²) in [5.74, 6) is 0.434. The standard InChI is InChI=1S/C10H16N4O/c1-3-7(2)9(11)10(15)14-8-4-5-12-6-13-8/h4-7,9H,3,11H2,1-2H3,(H,12,13,14,15)/t7-,9-/m0/s1. The van der Waals surface area contributed by atoms with Gasteiger partial charge >= 0.3 is 0 Å². The Balaban J connectivity index is 2.56. The SMILES string of the molecule is CC[C@H](C)[C@H](N)C(=O)Nc1ccncn1. The molecule has 0 aliphatic heterocycles. The van der Waals surface area contributed by atoms with Gasteiger partial charge in [-0.1, -0.05) is 20.3 Å². The summed E-state index contributed by atoms with van der Waals surface area (Å²) in [6, 6.07) is 1.13. The molecule has 1 aromatic heterocycles. The van der Waals surface area contributed by atoms with Crippen molar-refractivity contribution in [2.24, 2.45) is 11.7 Å². The lowest BCUT2D eigenvalue weighted by atomic mass is 9.99. The zero-order valence-corrected chi connectivity index (χ0v) is 8.97. The number of carbonyl (C=O) groups is 1. The fourth-order valence-electron chi connectivity index (χ4n) is 1.09. The number of anilines is 1. The van der Waals surface area contributed by atoms with E-state index in [0.717, 1.165) is 6.42 Å². The largest absolute Gasteiger partial charge is 0.320 e. The van der Waals surface area contributed by atoms with Crippen LogP contribution in [0.5, 0.6) is 0 Å². The van der Waals surface area contributed by atoms with E-state index < -0.39 is 6.04 Å². The second kappa shape index (κ2) is 5.41. The number of nitrogens with one attached hydrogen (secondary N) is 1. The number of carbonyl (C=O) groups excluding carboxylic acids is 1. The molecule has 1 amide bonds. The monoisotopic (exact) mass is 208 g/mol. The van der Waals surface area contributed by atoms with Crippen molar-refractivity contribution in [1.82, 2.24) is 9.97 Å². The average molecular weight is 208 g/mol. The summed E-state index contributed by atoms with van der Waals surface area (Å²) in [7, 11) is 0. The Morgan fingerprint density at radius 3 is 2.93 bits per heavy atom. The van der Waals surface area contributed by atoms with Crippen LogP contribution < -0.4 is 11.1 Å². The number of hydrogen-bond donors (Lipinski definition) is 2. The molecular formula is C10H16N4O. The van der Waals surface area contributed by atoms with Crippen LogP contribution in [0.15, 0.2) is 18.6 Å². The van der Waals surface area contributed by atoms with Crippen molar-refractivity contribution in [1.29, 1.82) is 0 Å². The predicted octanol–water partition coefficient (Wildman–Crippen LogP) is 0.788. The molecule has 0 radical (unpaired) electrons. The smallest absolute Gasteiger partial charge is 0.242 e. The molecule has 0 unspecified atom stereocenters. The van der Waals surface area contributed by atoms with Gasteiger partial charge in [0.05, 0.1) is 6.04 Å². The van der Waals surface area contributed by atoms with Gasteiger partial charge in [0.1, 0.15) is 12.1 Å². The summed E-state index contributed by atoms with van der Waals surface area (Å²) in [4.78, 5) is 19.3. The Morgan fingerprint density at radius 1 is 1.67 bits per heavy atom. The first-order chi connectivity index (χ1) is 7.15.